The van der Waals surface area contributed by atoms with Crippen molar-refractivity contribution in [3.05, 3.63) is 16.1 Å². The quantitative estimate of drug-likeness (QED) is 0.864. The predicted molar refractivity (Wildman–Crippen MR) is 76.4 cm³/mol. The van der Waals surface area contributed by atoms with E-state index in [9.17, 15) is 14.4 Å². The van der Waals surface area contributed by atoms with Gasteiger partial charge in [-0.25, -0.2) is 9.78 Å². The van der Waals surface area contributed by atoms with Gasteiger partial charge in [-0.15, -0.1) is 11.3 Å². The van der Waals surface area contributed by atoms with Crippen molar-refractivity contribution in [3.8, 4) is 0 Å². The molecule has 1 aromatic rings. The highest BCUT2D eigenvalue weighted by Crippen LogP contribution is 2.34. The van der Waals surface area contributed by atoms with Gasteiger partial charge in [0.25, 0.3) is 0 Å². The Kier molecular flexibility index (Phi) is 3.75. The minimum Gasteiger partial charge on any atom is -0.277 e. The van der Waals surface area contributed by atoms with Crippen molar-refractivity contribution in [1.82, 2.24) is 15.2 Å². The molecule has 0 spiro atoms. The van der Waals surface area contributed by atoms with Gasteiger partial charge in [0.15, 0.2) is 0 Å². The summed E-state index contributed by atoms with van der Waals surface area (Å²) in [7, 11) is 0. The first-order valence-corrected chi connectivity index (χ1v) is 8.01. The third-order valence-electron chi connectivity index (χ3n) is 4.12. The number of carbonyl (C=O) groups is 3. The van der Waals surface area contributed by atoms with Crippen molar-refractivity contribution >= 4 is 29.2 Å². The molecule has 6 nitrogen and oxygen atoms in total. The molecule has 3 rings (SSSR count). The maximum atomic E-state index is 12.6. The highest BCUT2D eigenvalue weighted by molar-refractivity contribution is 7.09. The largest absolute Gasteiger partial charge is 0.331 e. The molecule has 1 aliphatic heterocycles. The second-order valence-electron chi connectivity index (χ2n) is 5.62. The molecule has 0 bridgehead atoms. The first-order chi connectivity index (χ1) is 10.1. The lowest BCUT2D eigenvalue weighted by Gasteiger charge is -2.32. The number of nitrogens with one attached hydrogen (secondary N) is 1. The number of thiazole rings is 1. The van der Waals surface area contributed by atoms with Crippen LogP contribution in [-0.4, -0.2) is 27.7 Å². The molecule has 4 amide bonds. The van der Waals surface area contributed by atoms with Crippen LogP contribution in [0.25, 0.3) is 0 Å². The summed E-state index contributed by atoms with van der Waals surface area (Å²) in [6, 6.07) is -0.632. The maximum absolute atomic E-state index is 12.6. The first kappa shape index (κ1) is 14.2. The molecular formula is C14H17N3O3S. The lowest BCUT2D eigenvalue weighted by molar-refractivity contribution is -0.145. The third-order valence-corrected chi connectivity index (χ3v) is 5.07. The zero-order chi connectivity index (χ0) is 15.0. The van der Waals surface area contributed by atoms with Crippen molar-refractivity contribution in [2.75, 3.05) is 0 Å². The number of amides is 4. The van der Waals surface area contributed by atoms with E-state index in [0.29, 0.717) is 5.01 Å². The molecule has 21 heavy (non-hydrogen) atoms. The Bertz CT molecular complexity index is 592. The maximum Gasteiger partial charge on any atom is 0.331 e. The zero-order valence-electron chi connectivity index (χ0n) is 11.8. The van der Waals surface area contributed by atoms with Crippen molar-refractivity contribution in [2.24, 2.45) is 11.8 Å². The van der Waals surface area contributed by atoms with Crippen LogP contribution in [0.2, 0.25) is 0 Å². The number of aromatic nitrogens is 1. The number of imide groups is 2. The Morgan fingerprint density at radius 3 is 2.67 bits per heavy atom. The molecule has 0 radical (unpaired) electrons. The van der Waals surface area contributed by atoms with Gasteiger partial charge in [0.1, 0.15) is 10.9 Å². The van der Waals surface area contributed by atoms with E-state index in [4.69, 9.17) is 0 Å². The minimum absolute atomic E-state index is 0.0612. The van der Waals surface area contributed by atoms with Crippen molar-refractivity contribution in [1.29, 1.82) is 0 Å². The lowest BCUT2D eigenvalue weighted by Crippen LogP contribution is -2.59. The molecule has 1 unspecified atom stereocenters. The predicted octanol–water partition coefficient (Wildman–Crippen LogP) is 1.84. The fourth-order valence-electron chi connectivity index (χ4n) is 3.10. The number of barbiturate groups is 1. The van der Waals surface area contributed by atoms with Crippen LogP contribution in [0.3, 0.4) is 0 Å². The molecular weight excluding hydrogens is 290 g/mol. The Hall–Kier alpha value is -1.76. The van der Waals surface area contributed by atoms with Crippen LogP contribution in [0.15, 0.2) is 5.38 Å². The van der Waals surface area contributed by atoms with Gasteiger partial charge in [-0.05, 0) is 25.7 Å². The first-order valence-electron chi connectivity index (χ1n) is 7.13. The standard InChI is InChI=1S/C14H17N3O3S/c1-8-7-21-10(15-8)6-17-13(19)11(9-4-2-3-5-9)12(18)16-14(17)20/h7,9,11H,2-6H2,1H3,(H,16,18,20). The van der Waals surface area contributed by atoms with Gasteiger partial charge in [-0.3, -0.25) is 19.8 Å². The summed E-state index contributed by atoms with van der Waals surface area (Å²) in [5.74, 6) is -1.47. The summed E-state index contributed by atoms with van der Waals surface area (Å²) >= 11 is 1.41. The Morgan fingerprint density at radius 2 is 2.05 bits per heavy atom. The van der Waals surface area contributed by atoms with Gasteiger partial charge in [-0.1, -0.05) is 12.8 Å². The molecule has 2 heterocycles. The topological polar surface area (TPSA) is 79.4 Å². The number of rotatable bonds is 3. The molecule has 1 N–H and O–H groups in total. The van der Waals surface area contributed by atoms with E-state index < -0.39 is 17.9 Å². The van der Waals surface area contributed by atoms with Crippen LogP contribution in [0, 0.1) is 18.8 Å². The van der Waals surface area contributed by atoms with Gasteiger partial charge in [0, 0.05) is 11.1 Å². The zero-order valence-corrected chi connectivity index (χ0v) is 12.6. The summed E-state index contributed by atoms with van der Waals surface area (Å²) in [5.41, 5.74) is 0.864. The van der Waals surface area contributed by atoms with E-state index in [-0.39, 0.29) is 18.4 Å². The smallest absolute Gasteiger partial charge is 0.277 e. The number of carbonyl (C=O) groups excluding carboxylic acids is 3. The summed E-state index contributed by atoms with van der Waals surface area (Å²) in [6.45, 7) is 2.00. The van der Waals surface area contributed by atoms with Crippen molar-refractivity contribution in [2.45, 2.75) is 39.2 Å². The van der Waals surface area contributed by atoms with Crippen molar-refractivity contribution < 1.29 is 14.4 Å². The van der Waals surface area contributed by atoms with Crippen LogP contribution in [0.5, 0.6) is 0 Å². The molecule has 1 saturated heterocycles. The van der Waals surface area contributed by atoms with E-state index in [1.165, 1.54) is 11.3 Å². The molecule has 1 aromatic heterocycles. The minimum atomic E-state index is -0.716. The lowest BCUT2D eigenvalue weighted by atomic mass is 9.87. The number of hydrogen-bond donors (Lipinski definition) is 1. The molecule has 1 saturated carbocycles. The number of aryl methyl sites for hydroxylation is 1. The van der Waals surface area contributed by atoms with Gasteiger partial charge in [0.2, 0.25) is 11.8 Å². The summed E-state index contributed by atoms with van der Waals surface area (Å²) in [5, 5.41) is 4.90. The van der Waals surface area contributed by atoms with Crippen LogP contribution in [0.1, 0.15) is 36.4 Å². The Morgan fingerprint density at radius 1 is 1.33 bits per heavy atom. The van der Waals surface area contributed by atoms with Crippen LogP contribution < -0.4 is 5.32 Å². The average Bonchev–Trinajstić information content (AvgIpc) is 3.06. The van der Waals surface area contributed by atoms with Crippen LogP contribution in [-0.2, 0) is 16.1 Å². The fourth-order valence-corrected chi connectivity index (χ4v) is 3.86. The second kappa shape index (κ2) is 5.55. The van der Waals surface area contributed by atoms with Gasteiger partial charge >= 0.3 is 6.03 Å². The molecule has 1 aliphatic carbocycles. The number of urea groups is 1. The van der Waals surface area contributed by atoms with E-state index in [1.807, 2.05) is 12.3 Å². The molecule has 0 aromatic carbocycles. The highest BCUT2D eigenvalue weighted by Gasteiger charge is 2.45. The monoisotopic (exact) mass is 307 g/mol. The second-order valence-corrected chi connectivity index (χ2v) is 6.57. The van der Waals surface area contributed by atoms with Crippen molar-refractivity contribution in [3.63, 3.8) is 0 Å². The van der Waals surface area contributed by atoms with Crippen LogP contribution >= 0.6 is 11.3 Å². The van der Waals surface area contributed by atoms with E-state index in [0.717, 1.165) is 36.3 Å². The summed E-state index contributed by atoms with van der Waals surface area (Å²) in [6.07, 6.45) is 3.84. The summed E-state index contributed by atoms with van der Waals surface area (Å²) in [4.78, 5) is 41.9. The normalized spacial score (nSPS) is 23.8. The SMILES string of the molecule is Cc1csc(CN2C(=O)NC(=O)C(C3CCCC3)C2=O)n1. The number of hydrogen-bond acceptors (Lipinski definition) is 5. The molecule has 1 atom stereocenters. The third kappa shape index (κ3) is 2.70. The highest BCUT2D eigenvalue weighted by atomic mass is 32.1. The average molecular weight is 307 g/mol. The summed E-state index contributed by atoms with van der Waals surface area (Å²) < 4.78 is 0. The van der Waals surface area contributed by atoms with Gasteiger partial charge in [-0.2, -0.15) is 0 Å². The Labute approximate surface area is 126 Å². The fraction of sp³-hybridized carbons (Fsp3) is 0.571. The molecule has 112 valence electrons. The van der Waals surface area contributed by atoms with Crippen LogP contribution in [0.4, 0.5) is 4.79 Å². The van der Waals surface area contributed by atoms with E-state index in [2.05, 4.69) is 10.3 Å². The number of nitrogens with zero attached hydrogens (tertiary/aromatic N) is 2. The Balaban J connectivity index is 1.80. The molecule has 2 fully saturated rings. The molecule has 7 heteroatoms. The van der Waals surface area contributed by atoms with E-state index in [1.54, 1.807) is 0 Å². The molecule has 2 aliphatic rings. The van der Waals surface area contributed by atoms with E-state index >= 15 is 0 Å². The van der Waals surface area contributed by atoms with Gasteiger partial charge in [0.05, 0.1) is 6.54 Å². The van der Waals surface area contributed by atoms with Gasteiger partial charge < -0.3 is 0 Å².